The van der Waals surface area contributed by atoms with Crippen LogP contribution in [0.25, 0.3) is 0 Å². The zero-order valence-electron chi connectivity index (χ0n) is 12.4. The molecule has 2 nitrogen and oxygen atoms in total. The summed E-state index contributed by atoms with van der Waals surface area (Å²) in [5, 5.41) is 7.09. The second kappa shape index (κ2) is 5.30. The number of benzene rings is 1. The molecule has 1 aromatic carbocycles. The summed E-state index contributed by atoms with van der Waals surface area (Å²) in [5.41, 5.74) is 4.30. The van der Waals surface area contributed by atoms with Crippen molar-refractivity contribution in [3.05, 3.63) is 51.5 Å². The topological polar surface area (TPSA) is 24.9 Å². The summed E-state index contributed by atoms with van der Waals surface area (Å²) in [6.07, 6.45) is 2.13. The van der Waals surface area contributed by atoms with E-state index in [0.717, 1.165) is 19.4 Å². The molecule has 0 radical (unpaired) electrons. The van der Waals surface area contributed by atoms with Crippen LogP contribution in [0.15, 0.2) is 29.6 Å². The van der Waals surface area contributed by atoms with E-state index in [0.29, 0.717) is 6.04 Å². The van der Waals surface area contributed by atoms with Gasteiger partial charge in [0.25, 0.3) is 0 Å². The first kappa shape index (κ1) is 13.8. The molecule has 1 atom stereocenters. The Morgan fingerprint density at radius 1 is 1.30 bits per heavy atom. The van der Waals surface area contributed by atoms with Crippen molar-refractivity contribution < 1.29 is 0 Å². The van der Waals surface area contributed by atoms with Crippen molar-refractivity contribution in [3.63, 3.8) is 0 Å². The molecule has 1 aliphatic heterocycles. The fourth-order valence-electron chi connectivity index (χ4n) is 2.70. The van der Waals surface area contributed by atoms with Crippen LogP contribution in [0.1, 0.15) is 48.6 Å². The molecular weight excluding hydrogens is 264 g/mol. The molecule has 0 saturated carbocycles. The monoisotopic (exact) mass is 286 g/mol. The van der Waals surface area contributed by atoms with Crippen molar-refractivity contribution in [2.24, 2.45) is 0 Å². The van der Waals surface area contributed by atoms with E-state index < -0.39 is 0 Å². The van der Waals surface area contributed by atoms with Gasteiger partial charge in [0.05, 0.1) is 10.7 Å². The van der Waals surface area contributed by atoms with Gasteiger partial charge in [0, 0.05) is 23.3 Å². The second-order valence-corrected chi connectivity index (χ2v) is 7.48. The van der Waals surface area contributed by atoms with E-state index in [-0.39, 0.29) is 5.41 Å². The molecule has 1 unspecified atom stereocenters. The SMILES string of the molecule is CC(C)(C)c1csc(CC2NCCc3ccccc32)n1. The van der Waals surface area contributed by atoms with E-state index in [1.807, 2.05) is 0 Å². The quantitative estimate of drug-likeness (QED) is 0.906. The lowest BCUT2D eigenvalue weighted by Gasteiger charge is -2.26. The Kier molecular flexibility index (Phi) is 3.65. The average Bonchev–Trinajstić information content (AvgIpc) is 2.88. The third kappa shape index (κ3) is 2.79. The van der Waals surface area contributed by atoms with Crippen LogP contribution < -0.4 is 5.32 Å². The molecule has 0 saturated heterocycles. The van der Waals surface area contributed by atoms with Crippen molar-refractivity contribution in [2.45, 2.75) is 45.1 Å². The molecule has 2 aromatic rings. The minimum Gasteiger partial charge on any atom is -0.309 e. The predicted molar refractivity (Wildman–Crippen MR) is 85.4 cm³/mol. The Balaban J connectivity index is 1.81. The smallest absolute Gasteiger partial charge is 0.0947 e. The van der Waals surface area contributed by atoms with Gasteiger partial charge in [0.2, 0.25) is 0 Å². The molecule has 106 valence electrons. The molecule has 0 fully saturated rings. The highest BCUT2D eigenvalue weighted by Gasteiger charge is 2.22. The van der Waals surface area contributed by atoms with E-state index in [1.54, 1.807) is 11.3 Å². The van der Waals surface area contributed by atoms with Gasteiger partial charge in [-0.2, -0.15) is 0 Å². The number of fused-ring (bicyclic) bond motifs is 1. The normalized spacial score (nSPS) is 18.9. The first-order chi connectivity index (χ1) is 9.54. The van der Waals surface area contributed by atoms with Crippen LogP contribution >= 0.6 is 11.3 Å². The van der Waals surface area contributed by atoms with E-state index in [1.165, 1.54) is 21.8 Å². The maximum atomic E-state index is 4.83. The fraction of sp³-hybridized carbons (Fsp3) is 0.471. The lowest BCUT2D eigenvalue weighted by Crippen LogP contribution is -2.31. The van der Waals surface area contributed by atoms with E-state index in [2.05, 4.69) is 55.7 Å². The Morgan fingerprint density at radius 2 is 2.10 bits per heavy atom. The summed E-state index contributed by atoms with van der Waals surface area (Å²) >= 11 is 1.79. The maximum Gasteiger partial charge on any atom is 0.0947 e. The highest BCUT2D eigenvalue weighted by Crippen LogP contribution is 2.29. The van der Waals surface area contributed by atoms with Gasteiger partial charge < -0.3 is 5.32 Å². The van der Waals surface area contributed by atoms with Crippen LogP contribution in [-0.2, 0) is 18.3 Å². The molecule has 3 heteroatoms. The van der Waals surface area contributed by atoms with Gasteiger partial charge in [-0.25, -0.2) is 4.98 Å². The number of thiazole rings is 1. The first-order valence-electron chi connectivity index (χ1n) is 7.30. The summed E-state index contributed by atoms with van der Waals surface area (Å²) < 4.78 is 0. The lowest BCUT2D eigenvalue weighted by atomic mass is 9.92. The largest absolute Gasteiger partial charge is 0.309 e. The van der Waals surface area contributed by atoms with Crippen LogP contribution in [0.2, 0.25) is 0 Å². The van der Waals surface area contributed by atoms with Crippen LogP contribution in [0, 0.1) is 0 Å². The number of hydrogen-bond donors (Lipinski definition) is 1. The number of aromatic nitrogens is 1. The Hall–Kier alpha value is -1.19. The second-order valence-electron chi connectivity index (χ2n) is 6.54. The van der Waals surface area contributed by atoms with Crippen molar-refractivity contribution in [1.82, 2.24) is 10.3 Å². The number of hydrogen-bond acceptors (Lipinski definition) is 3. The third-order valence-electron chi connectivity index (χ3n) is 3.91. The summed E-state index contributed by atoms with van der Waals surface area (Å²) in [6.45, 7) is 7.74. The minimum atomic E-state index is 0.145. The molecule has 0 bridgehead atoms. The molecule has 0 aliphatic carbocycles. The fourth-order valence-corrected chi connectivity index (χ4v) is 3.77. The molecule has 0 amide bonds. The summed E-state index contributed by atoms with van der Waals surface area (Å²) in [7, 11) is 0. The highest BCUT2D eigenvalue weighted by molar-refractivity contribution is 7.09. The molecular formula is C17H22N2S. The number of nitrogens with zero attached hydrogens (tertiary/aromatic N) is 1. The standard InChI is InChI=1S/C17H22N2S/c1-17(2,3)15-11-20-16(19-15)10-14-13-7-5-4-6-12(13)8-9-18-14/h4-7,11,14,18H,8-10H2,1-3H3. The molecule has 0 spiro atoms. The van der Waals surface area contributed by atoms with Gasteiger partial charge in [0.15, 0.2) is 0 Å². The van der Waals surface area contributed by atoms with Crippen molar-refractivity contribution >= 4 is 11.3 Å². The van der Waals surface area contributed by atoms with Crippen LogP contribution in [-0.4, -0.2) is 11.5 Å². The van der Waals surface area contributed by atoms with E-state index in [9.17, 15) is 0 Å². The van der Waals surface area contributed by atoms with E-state index >= 15 is 0 Å². The zero-order chi connectivity index (χ0) is 14.2. The lowest BCUT2D eigenvalue weighted by molar-refractivity contribution is 0.499. The summed E-state index contributed by atoms with van der Waals surface area (Å²) in [4.78, 5) is 4.83. The van der Waals surface area contributed by atoms with Crippen LogP contribution in [0.5, 0.6) is 0 Å². The van der Waals surface area contributed by atoms with Crippen molar-refractivity contribution in [2.75, 3.05) is 6.54 Å². The number of nitrogens with one attached hydrogen (secondary N) is 1. The third-order valence-corrected chi connectivity index (χ3v) is 4.79. The van der Waals surface area contributed by atoms with Gasteiger partial charge in [-0.15, -0.1) is 11.3 Å². The highest BCUT2D eigenvalue weighted by atomic mass is 32.1. The summed E-state index contributed by atoms with van der Waals surface area (Å²) in [5.74, 6) is 0. The predicted octanol–water partition coefficient (Wildman–Crippen LogP) is 3.87. The Morgan fingerprint density at radius 3 is 2.85 bits per heavy atom. The van der Waals surface area contributed by atoms with Gasteiger partial charge in [-0.1, -0.05) is 45.0 Å². The molecule has 3 rings (SSSR count). The average molecular weight is 286 g/mol. The van der Waals surface area contributed by atoms with Gasteiger partial charge in [0.1, 0.15) is 0 Å². The molecule has 1 N–H and O–H groups in total. The Bertz CT molecular complexity index is 595. The zero-order valence-corrected chi connectivity index (χ0v) is 13.3. The van der Waals surface area contributed by atoms with Crippen LogP contribution in [0.3, 0.4) is 0 Å². The van der Waals surface area contributed by atoms with E-state index in [4.69, 9.17) is 4.98 Å². The molecule has 20 heavy (non-hydrogen) atoms. The first-order valence-corrected chi connectivity index (χ1v) is 8.18. The van der Waals surface area contributed by atoms with Crippen LogP contribution in [0.4, 0.5) is 0 Å². The molecule has 1 aromatic heterocycles. The molecule has 2 heterocycles. The number of rotatable bonds is 2. The van der Waals surface area contributed by atoms with Crippen molar-refractivity contribution in [1.29, 1.82) is 0 Å². The maximum absolute atomic E-state index is 4.83. The molecule has 1 aliphatic rings. The minimum absolute atomic E-state index is 0.145. The van der Waals surface area contributed by atoms with Gasteiger partial charge in [-0.3, -0.25) is 0 Å². The van der Waals surface area contributed by atoms with Gasteiger partial charge >= 0.3 is 0 Å². The summed E-state index contributed by atoms with van der Waals surface area (Å²) in [6, 6.07) is 9.21. The van der Waals surface area contributed by atoms with Gasteiger partial charge in [-0.05, 0) is 24.1 Å². The Labute approximate surface area is 125 Å². The van der Waals surface area contributed by atoms with Crippen molar-refractivity contribution in [3.8, 4) is 0 Å².